The van der Waals surface area contributed by atoms with Gasteiger partial charge in [0, 0.05) is 24.8 Å². The largest absolute Gasteiger partial charge is 0.339 e. The minimum atomic E-state index is 0.338. The Hall–Kier alpha value is -4.26. The van der Waals surface area contributed by atoms with Crippen LogP contribution in [0.25, 0.3) is 22.1 Å². The maximum absolute atomic E-state index is 4.42. The lowest BCUT2D eigenvalue weighted by atomic mass is 10.0. The van der Waals surface area contributed by atoms with Gasteiger partial charge in [0.05, 0.1) is 34.2 Å². The minimum absolute atomic E-state index is 0.338. The molecule has 4 aromatic heterocycles. The van der Waals surface area contributed by atoms with Gasteiger partial charge in [0.1, 0.15) is 0 Å². The molecule has 2 atom stereocenters. The first kappa shape index (κ1) is 27.3. The molecule has 6 nitrogen and oxygen atoms in total. The van der Waals surface area contributed by atoms with Gasteiger partial charge in [0.15, 0.2) is 0 Å². The molecule has 0 aliphatic heterocycles. The summed E-state index contributed by atoms with van der Waals surface area (Å²) in [6.07, 6.45) is 10.1. The van der Waals surface area contributed by atoms with Gasteiger partial charge in [-0.1, -0.05) is 60.7 Å². The third kappa shape index (κ3) is 6.30. The van der Waals surface area contributed by atoms with Crippen LogP contribution in [0, 0.1) is 0 Å². The molecule has 2 aromatic carbocycles. The van der Waals surface area contributed by atoms with Crippen molar-refractivity contribution in [3.8, 4) is 0 Å². The molecule has 4 heterocycles. The Labute approximate surface area is 236 Å². The van der Waals surface area contributed by atoms with E-state index in [1.165, 1.54) is 22.2 Å². The molecular formula is C34H38N6. The second kappa shape index (κ2) is 13.7. The van der Waals surface area contributed by atoms with Gasteiger partial charge in [-0.2, -0.15) is 0 Å². The number of nitrogens with zero attached hydrogens (tertiary/aromatic N) is 4. The highest BCUT2D eigenvalue weighted by Gasteiger charge is 2.16. The number of fused-ring (bicyclic) bond motifs is 2. The molecule has 0 saturated carbocycles. The quantitative estimate of drug-likeness (QED) is 0.213. The Morgan fingerprint density at radius 1 is 0.550 bits per heavy atom. The zero-order valence-electron chi connectivity index (χ0n) is 23.3. The molecule has 40 heavy (non-hydrogen) atoms. The maximum atomic E-state index is 4.42. The molecule has 0 bridgehead atoms. The highest BCUT2D eigenvalue weighted by molar-refractivity contribution is 5.76. The van der Waals surface area contributed by atoms with Crippen molar-refractivity contribution in [3.05, 3.63) is 133 Å². The van der Waals surface area contributed by atoms with Crippen LogP contribution in [0.4, 0.5) is 0 Å². The third-order valence-electron chi connectivity index (χ3n) is 7.35. The second-order valence-corrected chi connectivity index (χ2v) is 9.90. The molecule has 6 heteroatoms. The van der Waals surface area contributed by atoms with Crippen molar-refractivity contribution in [2.75, 3.05) is 27.2 Å². The average molecular weight is 531 g/mol. The van der Waals surface area contributed by atoms with Gasteiger partial charge in [-0.15, -0.1) is 0 Å². The Morgan fingerprint density at radius 2 is 0.975 bits per heavy atom. The highest BCUT2D eigenvalue weighted by atomic mass is 15.0. The van der Waals surface area contributed by atoms with Crippen LogP contribution >= 0.6 is 0 Å². The first-order chi connectivity index (χ1) is 19.8. The van der Waals surface area contributed by atoms with E-state index in [9.17, 15) is 0 Å². The molecular weight excluding hydrogens is 492 g/mol. The van der Waals surface area contributed by atoms with Crippen molar-refractivity contribution in [1.82, 2.24) is 29.7 Å². The van der Waals surface area contributed by atoms with Crippen LogP contribution in [0.3, 0.4) is 0 Å². The van der Waals surface area contributed by atoms with Crippen LogP contribution in [0.1, 0.15) is 36.1 Å². The first-order valence-corrected chi connectivity index (χ1v) is 14.0. The molecule has 0 spiro atoms. The second-order valence-electron chi connectivity index (χ2n) is 9.90. The van der Waals surface area contributed by atoms with Gasteiger partial charge >= 0.3 is 0 Å². The number of benzene rings is 2. The van der Waals surface area contributed by atoms with Crippen LogP contribution < -0.4 is 10.6 Å². The summed E-state index contributed by atoms with van der Waals surface area (Å²) in [5.41, 5.74) is 7.17. The molecule has 0 amide bonds. The Balaban J connectivity index is 0.000000161. The Bertz CT molecular complexity index is 1470. The minimum Gasteiger partial charge on any atom is -0.339 e. The van der Waals surface area contributed by atoms with Gasteiger partial charge < -0.3 is 19.8 Å². The lowest BCUT2D eigenvalue weighted by Crippen LogP contribution is -2.17. The van der Waals surface area contributed by atoms with Crippen molar-refractivity contribution in [2.45, 2.75) is 24.9 Å². The summed E-state index contributed by atoms with van der Waals surface area (Å²) in [6, 6.07) is 34.4. The van der Waals surface area contributed by atoms with E-state index in [2.05, 4.69) is 127 Å². The summed E-state index contributed by atoms with van der Waals surface area (Å²) in [7, 11) is 3.99. The molecule has 0 aliphatic carbocycles. The van der Waals surface area contributed by atoms with Crippen LogP contribution in [0.15, 0.2) is 122 Å². The number of nitrogens with one attached hydrogen (secondary N) is 2. The fourth-order valence-corrected chi connectivity index (χ4v) is 5.36. The molecule has 6 rings (SSSR count). The number of aromatic nitrogens is 4. The monoisotopic (exact) mass is 530 g/mol. The van der Waals surface area contributed by atoms with Crippen LogP contribution in [-0.2, 0) is 0 Å². The summed E-state index contributed by atoms with van der Waals surface area (Å²) < 4.78 is 4.66. The predicted molar refractivity (Wildman–Crippen MR) is 166 cm³/mol. The van der Waals surface area contributed by atoms with Crippen molar-refractivity contribution >= 4 is 22.1 Å². The van der Waals surface area contributed by atoms with Crippen LogP contribution in [0.2, 0.25) is 0 Å². The lowest BCUT2D eigenvalue weighted by molar-refractivity contribution is 0.539. The molecule has 6 aromatic rings. The van der Waals surface area contributed by atoms with E-state index in [4.69, 9.17) is 0 Å². The van der Waals surface area contributed by atoms with E-state index in [1.807, 2.05) is 38.6 Å². The summed E-state index contributed by atoms with van der Waals surface area (Å²) in [6.45, 7) is 1.97. The highest BCUT2D eigenvalue weighted by Crippen LogP contribution is 2.27. The zero-order valence-corrected chi connectivity index (χ0v) is 23.3. The van der Waals surface area contributed by atoms with Crippen molar-refractivity contribution < 1.29 is 0 Å². The van der Waals surface area contributed by atoms with E-state index < -0.39 is 0 Å². The third-order valence-corrected chi connectivity index (χ3v) is 7.35. The van der Waals surface area contributed by atoms with E-state index in [0.717, 1.165) is 37.0 Å². The fourth-order valence-electron chi connectivity index (χ4n) is 5.36. The first-order valence-electron chi connectivity index (χ1n) is 14.0. The SMILES string of the molecule is CNCC[C@@H](c1ccccc1)n1ccc2ncccc21.CNCC[C@@H](c1ccccc1)n1ccc2ncccc21. The zero-order chi connectivity index (χ0) is 27.6. The topological polar surface area (TPSA) is 59.7 Å². The smallest absolute Gasteiger partial charge is 0.0881 e. The van der Waals surface area contributed by atoms with E-state index in [0.29, 0.717) is 12.1 Å². The van der Waals surface area contributed by atoms with Gasteiger partial charge in [-0.05, 0) is 87.6 Å². The molecule has 2 N–H and O–H groups in total. The lowest BCUT2D eigenvalue weighted by Gasteiger charge is -2.20. The van der Waals surface area contributed by atoms with E-state index in [-0.39, 0.29) is 0 Å². The van der Waals surface area contributed by atoms with Crippen molar-refractivity contribution in [2.24, 2.45) is 0 Å². The van der Waals surface area contributed by atoms with Crippen LogP contribution in [0.5, 0.6) is 0 Å². The number of hydrogen-bond donors (Lipinski definition) is 2. The number of rotatable bonds is 10. The Morgan fingerprint density at radius 3 is 1.38 bits per heavy atom. The molecule has 0 saturated heterocycles. The molecule has 204 valence electrons. The van der Waals surface area contributed by atoms with Crippen molar-refractivity contribution in [1.29, 1.82) is 0 Å². The van der Waals surface area contributed by atoms with Gasteiger partial charge in [0.2, 0.25) is 0 Å². The number of pyridine rings is 2. The summed E-state index contributed by atoms with van der Waals surface area (Å²) in [5.74, 6) is 0. The van der Waals surface area contributed by atoms with Crippen molar-refractivity contribution in [3.63, 3.8) is 0 Å². The molecule has 0 unspecified atom stereocenters. The maximum Gasteiger partial charge on any atom is 0.0881 e. The fraction of sp³-hybridized carbons (Fsp3) is 0.235. The summed E-state index contributed by atoms with van der Waals surface area (Å²) >= 11 is 0. The Kier molecular flexibility index (Phi) is 9.35. The van der Waals surface area contributed by atoms with Crippen LogP contribution in [-0.4, -0.2) is 46.3 Å². The standard InChI is InChI=1S/2C17H19N3/c2*1-18-12-9-16(14-6-3-2-4-7-14)20-13-10-15-17(20)8-5-11-19-15/h2*2-8,10-11,13,16,18H,9,12H2,1H3/t2*16-/m00/s1. The predicted octanol–water partition coefficient (Wildman–Crippen LogP) is 6.47. The van der Waals surface area contributed by atoms with E-state index in [1.54, 1.807) is 0 Å². The van der Waals surface area contributed by atoms with Gasteiger partial charge in [-0.3, -0.25) is 9.97 Å². The molecule has 0 aliphatic rings. The summed E-state index contributed by atoms with van der Waals surface area (Å²) in [5, 5.41) is 6.50. The summed E-state index contributed by atoms with van der Waals surface area (Å²) in [4.78, 5) is 8.84. The molecule has 0 radical (unpaired) electrons. The molecule has 0 fully saturated rings. The van der Waals surface area contributed by atoms with Gasteiger partial charge in [-0.25, -0.2) is 0 Å². The normalized spacial score (nSPS) is 12.7. The average Bonchev–Trinajstić information content (AvgIpc) is 3.64. The van der Waals surface area contributed by atoms with E-state index >= 15 is 0 Å². The van der Waals surface area contributed by atoms with Gasteiger partial charge in [0.25, 0.3) is 0 Å². The number of hydrogen-bond acceptors (Lipinski definition) is 4.